The number of nitrogens with one attached hydrogen (secondary N) is 2. The van der Waals surface area contributed by atoms with E-state index in [1.54, 1.807) is 7.11 Å². The maximum absolute atomic E-state index is 10.7. The number of pyridine rings is 1. The smallest absolute Gasteiger partial charge is 0.217 e. The Morgan fingerprint density at radius 2 is 2.00 bits per heavy atom. The molecule has 1 aromatic heterocycles. The minimum Gasteiger partial charge on any atom is -0.481 e. The zero-order valence-electron chi connectivity index (χ0n) is 13.0. The summed E-state index contributed by atoms with van der Waals surface area (Å²) in [5.74, 6) is 0.644. The van der Waals surface area contributed by atoms with Crippen molar-refractivity contribution in [1.82, 2.24) is 15.6 Å². The molecule has 1 heterocycles. The van der Waals surface area contributed by atoms with E-state index in [2.05, 4.69) is 36.4 Å². The van der Waals surface area contributed by atoms with Crippen LogP contribution in [0.15, 0.2) is 12.1 Å². The molecule has 0 atom stereocenters. The Kier molecular flexibility index (Phi) is 5.95. The Balaban J connectivity index is 2.60. The molecule has 0 aliphatic carbocycles. The predicted molar refractivity (Wildman–Crippen MR) is 79.9 cm³/mol. The normalized spacial score (nSPS) is 11.2. The van der Waals surface area contributed by atoms with E-state index in [4.69, 9.17) is 4.74 Å². The molecule has 0 radical (unpaired) electrons. The summed E-state index contributed by atoms with van der Waals surface area (Å²) in [6, 6.07) is 4.07. The third kappa shape index (κ3) is 5.17. The molecule has 0 unspecified atom stereocenters. The zero-order valence-corrected chi connectivity index (χ0v) is 13.0. The summed E-state index contributed by atoms with van der Waals surface area (Å²) in [5.41, 5.74) is 2.03. The van der Waals surface area contributed by atoms with Gasteiger partial charge in [-0.05, 0) is 6.07 Å². The van der Waals surface area contributed by atoms with Crippen LogP contribution in [0.4, 0.5) is 0 Å². The van der Waals surface area contributed by atoms with Crippen molar-refractivity contribution in [3.63, 3.8) is 0 Å². The topological polar surface area (TPSA) is 63.2 Å². The molecule has 0 bridgehead atoms. The lowest BCUT2D eigenvalue weighted by Gasteiger charge is -2.19. The molecule has 0 aromatic carbocycles. The Morgan fingerprint density at radius 3 is 2.55 bits per heavy atom. The molecule has 1 aromatic rings. The number of methoxy groups -OCH3 is 1. The van der Waals surface area contributed by atoms with Crippen molar-refractivity contribution in [2.75, 3.05) is 20.2 Å². The van der Waals surface area contributed by atoms with Crippen molar-refractivity contribution >= 4 is 5.91 Å². The summed E-state index contributed by atoms with van der Waals surface area (Å²) < 4.78 is 5.36. The molecule has 0 aliphatic heterocycles. The molecule has 1 amide bonds. The average Bonchev–Trinajstić information content (AvgIpc) is 2.36. The molecule has 0 fully saturated rings. The van der Waals surface area contributed by atoms with E-state index in [1.807, 2.05) is 12.1 Å². The SMILES string of the molecule is COc1nc(C(C)(C)C)ccc1CNCCNC(C)=O. The van der Waals surface area contributed by atoms with Gasteiger partial charge in [0, 0.05) is 43.2 Å². The highest BCUT2D eigenvalue weighted by molar-refractivity contribution is 5.72. The van der Waals surface area contributed by atoms with Crippen molar-refractivity contribution in [1.29, 1.82) is 0 Å². The van der Waals surface area contributed by atoms with Crippen molar-refractivity contribution in [3.05, 3.63) is 23.4 Å². The summed E-state index contributed by atoms with van der Waals surface area (Å²) in [6.07, 6.45) is 0. The van der Waals surface area contributed by atoms with E-state index >= 15 is 0 Å². The molecule has 112 valence electrons. The quantitative estimate of drug-likeness (QED) is 0.777. The number of carbonyl (C=O) groups excluding carboxylic acids is 1. The number of amides is 1. The van der Waals surface area contributed by atoms with Crippen LogP contribution in [0.3, 0.4) is 0 Å². The fourth-order valence-electron chi connectivity index (χ4n) is 1.75. The highest BCUT2D eigenvalue weighted by Gasteiger charge is 2.17. The Bertz CT molecular complexity index is 453. The van der Waals surface area contributed by atoms with Crippen molar-refractivity contribution < 1.29 is 9.53 Å². The number of rotatable bonds is 6. The Labute approximate surface area is 121 Å². The molecule has 0 saturated heterocycles. The Morgan fingerprint density at radius 1 is 1.30 bits per heavy atom. The summed E-state index contributed by atoms with van der Waals surface area (Å²) in [5, 5.41) is 6.00. The van der Waals surface area contributed by atoms with Gasteiger partial charge in [-0.3, -0.25) is 4.79 Å². The first-order valence-corrected chi connectivity index (χ1v) is 6.84. The third-order valence-corrected chi connectivity index (χ3v) is 2.89. The second-order valence-electron chi connectivity index (χ2n) is 5.77. The second-order valence-corrected chi connectivity index (χ2v) is 5.77. The van der Waals surface area contributed by atoms with Crippen LogP contribution in [0, 0.1) is 0 Å². The number of aromatic nitrogens is 1. The molecular weight excluding hydrogens is 254 g/mol. The largest absolute Gasteiger partial charge is 0.481 e. The lowest BCUT2D eigenvalue weighted by atomic mass is 9.91. The van der Waals surface area contributed by atoms with Crippen LogP contribution in [-0.2, 0) is 16.8 Å². The third-order valence-electron chi connectivity index (χ3n) is 2.89. The molecule has 5 nitrogen and oxygen atoms in total. The van der Waals surface area contributed by atoms with Crippen molar-refractivity contribution in [3.8, 4) is 5.88 Å². The molecule has 2 N–H and O–H groups in total. The maximum atomic E-state index is 10.7. The highest BCUT2D eigenvalue weighted by Crippen LogP contribution is 2.24. The molecule has 0 aliphatic rings. The van der Waals surface area contributed by atoms with Gasteiger partial charge in [0.2, 0.25) is 11.8 Å². The molecule has 1 rings (SSSR count). The van der Waals surface area contributed by atoms with Crippen LogP contribution in [0.1, 0.15) is 39.0 Å². The van der Waals surface area contributed by atoms with E-state index in [0.29, 0.717) is 25.5 Å². The fourth-order valence-corrected chi connectivity index (χ4v) is 1.75. The van der Waals surface area contributed by atoms with Crippen molar-refractivity contribution in [2.24, 2.45) is 0 Å². The van der Waals surface area contributed by atoms with Crippen LogP contribution >= 0.6 is 0 Å². The number of ether oxygens (including phenoxy) is 1. The van der Waals surface area contributed by atoms with Crippen LogP contribution in [-0.4, -0.2) is 31.1 Å². The average molecular weight is 279 g/mol. The lowest BCUT2D eigenvalue weighted by Crippen LogP contribution is -2.30. The zero-order chi connectivity index (χ0) is 15.2. The second kappa shape index (κ2) is 7.24. The van der Waals surface area contributed by atoms with E-state index < -0.39 is 0 Å². The lowest BCUT2D eigenvalue weighted by molar-refractivity contribution is -0.118. The fraction of sp³-hybridized carbons (Fsp3) is 0.600. The van der Waals surface area contributed by atoms with Gasteiger partial charge in [-0.2, -0.15) is 0 Å². The summed E-state index contributed by atoms with van der Waals surface area (Å²) in [4.78, 5) is 15.3. The minimum absolute atomic E-state index is 0.00461. The van der Waals surface area contributed by atoms with Gasteiger partial charge in [-0.25, -0.2) is 4.98 Å². The number of nitrogens with zero attached hydrogens (tertiary/aromatic N) is 1. The van der Waals surface area contributed by atoms with E-state index in [-0.39, 0.29) is 11.3 Å². The number of hydrogen-bond donors (Lipinski definition) is 2. The standard InChI is InChI=1S/C15H25N3O2/c1-11(19)17-9-8-16-10-12-6-7-13(15(2,3)4)18-14(12)20-5/h6-7,16H,8-10H2,1-5H3,(H,17,19). The monoisotopic (exact) mass is 279 g/mol. The maximum Gasteiger partial charge on any atom is 0.217 e. The van der Waals surface area contributed by atoms with Crippen LogP contribution < -0.4 is 15.4 Å². The van der Waals surface area contributed by atoms with E-state index in [9.17, 15) is 4.79 Å². The van der Waals surface area contributed by atoms with Gasteiger partial charge in [0.05, 0.1) is 7.11 Å². The number of hydrogen-bond acceptors (Lipinski definition) is 4. The summed E-state index contributed by atoms with van der Waals surface area (Å²) in [7, 11) is 1.63. The van der Waals surface area contributed by atoms with Crippen molar-refractivity contribution in [2.45, 2.75) is 39.7 Å². The van der Waals surface area contributed by atoms with Gasteiger partial charge in [-0.1, -0.05) is 26.8 Å². The molecule has 20 heavy (non-hydrogen) atoms. The van der Waals surface area contributed by atoms with Gasteiger partial charge >= 0.3 is 0 Å². The first-order valence-electron chi connectivity index (χ1n) is 6.84. The minimum atomic E-state index is -0.0134. The van der Waals surface area contributed by atoms with Crippen LogP contribution in [0.25, 0.3) is 0 Å². The Hall–Kier alpha value is -1.62. The number of carbonyl (C=O) groups is 1. The summed E-state index contributed by atoms with van der Waals surface area (Å²) >= 11 is 0. The predicted octanol–water partition coefficient (Wildman–Crippen LogP) is 1.61. The first kappa shape index (κ1) is 16.4. The van der Waals surface area contributed by atoms with Gasteiger partial charge in [0.1, 0.15) is 0 Å². The van der Waals surface area contributed by atoms with Crippen LogP contribution in [0.2, 0.25) is 0 Å². The molecule has 0 spiro atoms. The first-order chi connectivity index (χ1) is 9.34. The van der Waals surface area contributed by atoms with Crippen LogP contribution in [0.5, 0.6) is 5.88 Å². The van der Waals surface area contributed by atoms with Gasteiger partial charge in [0.15, 0.2) is 0 Å². The van der Waals surface area contributed by atoms with Gasteiger partial charge < -0.3 is 15.4 Å². The summed E-state index contributed by atoms with van der Waals surface area (Å²) in [6.45, 7) is 9.88. The van der Waals surface area contributed by atoms with Gasteiger partial charge in [0.25, 0.3) is 0 Å². The van der Waals surface area contributed by atoms with E-state index in [1.165, 1.54) is 6.92 Å². The molecule has 0 saturated carbocycles. The van der Waals surface area contributed by atoms with Gasteiger partial charge in [-0.15, -0.1) is 0 Å². The van der Waals surface area contributed by atoms with E-state index in [0.717, 1.165) is 11.3 Å². The highest BCUT2D eigenvalue weighted by atomic mass is 16.5. The molecular formula is C15H25N3O2. The molecule has 5 heteroatoms.